The monoisotopic (exact) mass is 212 g/mol. The second-order valence-corrected chi connectivity index (χ2v) is 4.93. The summed E-state index contributed by atoms with van der Waals surface area (Å²) in [7, 11) is 0. The van der Waals surface area contributed by atoms with Crippen molar-refractivity contribution in [3.63, 3.8) is 0 Å². The van der Waals surface area contributed by atoms with E-state index in [9.17, 15) is 0 Å². The minimum Gasteiger partial charge on any atom is -0.313 e. The number of nitrogens with one attached hydrogen (secondary N) is 1. The van der Waals surface area contributed by atoms with Gasteiger partial charge in [-0.25, -0.2) is 0 Å². The molecule has 0 aromatic carbocycles. The summed E-state index contributed by atoms with van der Waals surface area (Å²) in [5, 5.41) is 3.60. The molecule has 0 spiro atoms. The van der Waals surface area contributed by atoms with Crippen molar-refractivity contribution < 1.29 is 0 Å². The molecule has 1 saturated heterocycles. The van der Waals surface area contributed by atoms with Crippen molar-refractivity contribution in [3.8, 4) is 0 Å². The lowest BCUT2D eigenvalue weighted by Crippen LogP contribution is -2.42. The molecule has 0 aromatic heterocycles. The molecule has 90 valence electrons. The van der Waals surface area contributed by atoms with Crippen LogP contribution in [0.5, 0.6) is 0 Å². The second kappa shape index (κ2) is 7.24. The molecular formula is C13H28N2. The number of nitrogens with zero attached hydrogens (tertiary/aromatic N) is 1. The third-order valence-electron chi connectivity index (χ3n) is 3.46. The Hall–Kier alpha value is -0.0800. The van der Waals surface area contributed by atoms with E-state index in [1.54, 1.807) is 0 Å². The molecule has 1 fully saturated rings. The standard InChI is InChI=1S/C13H28N2/c1-4-7-12(3)15(10-5-2)11-13-8-6-9-14-13/h12-14H,4-11H2,1-3H3. The molecule has 1 heterocycles. The van der Waals surface area contributed by atoms with Crippen LogP contribution in [0.2, 0.25) is 0 Å². The van der Waals surface area contributed by atoms with Gasteiger partial charge in [0.2, 0.25) is 0 Å². The largest absolute Gasteiger partial charge is 0.313 e. The van der Waals surface area contributed by atoms with Gasteiger partial charge in [-0.15, -0.1) is 0 Å². The Kier molecular flexibility index (Phi) is 6.26. The molecule has 1 aliphatic heterocycles. The Morgan fingerprint density at radius 1 is 1.33 bits per heavy atom. The van der Waals surface area contributed by atoms with Crippen LogP contribution in [0.1, 0.15) is 52.9 Å². The Bertz CT molecular complexity index is 153. The van der Waals surface area contributed by atoms with E-state index in [-0.39, 0.29) is 0 Å². The first-order chi connectivity index (χ1) is 7.27. The van der Waals surface area contributed by atoms with Crippen molar-refractivity contribution in [2.75, 3.05) is 19.6 Å². The Labute approximate surface area is 95.4 Å². The predicted octanol–water partition coefficient (Wildman–Crippen LogP) is 2.64. The number of hydrogen-bond acceptors (Lipinski definition) is 2. The average Bonchev–Trinajstić information content (AvgIpc) is 2.70. The normalized spacial score (nSPS) is 23.6. The average molecular weight is 212 g/mol. The third-order valence-corrected chi connectivity index (χ3v) is 3.46. The summed E-state index contributed by atoms with van der Waals surface area (Å²) >= 11 is 0. The van der Waals surface area contributed by atoms with Gasteiger partial charge in [-0.3, -0.25) is 4.90 Å². The van der Waals surface area contributed by atoms with Gasteiger partial charge in [0.25, 0.3) is 0 Å². The second-order valence-electron chi connectivity index (χ2n) is 4.93. The fourth-order valence-corrected chi connectivity index (χ4v) is 2.57. The lowest BCUT2D eigenvalue weighted by Gasteiger charge is -2.31. The van der Waals surface area contributed by atoms with Crippen LogP contribution in [-0.4, -0.2) is 36.6 Å². The highest BCUT2D eigenvalue weighted by atomic mass is 15.2. The molecule has 2 unspecified atom stereocenters. The maximum atomic E-state index is 3.60. The fourth-order valence-electron chi connectivity index (χ4n) is 2.57. The molecule has 1 N–H and O–H groups in total. The zero-order valence-corrected chi connectivity index (χ0v) is 10.8. The third kappa shape index (κ3) is 4.52. The molecule has 0 bridgehead atoms. The van der Waals surface area contributed by atoms with Crippen LogP contribution < -0.4 is 5.32 Å². The number of hydrogen-bond donors (Lipinski definition) is 1. The predicted molar refractivity (Wildman–Crippen MR) is 67.3 cm³/mol. The first-order valence-electron chi connectivity index (χ1n) is 6.75. The fraction of sp³-hybridized carbons (Fsp3) is 1.00. The molecule has 0 saturated carbocycles. The highest BCUT2D eigenvalue weighted by Crippen LogP contribution is 2.12. The molecule has 1 rings (SSSR count). The van der Waals surface area contributed by atoms with Crippen molar-refractivity contribution in [1.82, 2.24) is 10.2 Å². The van der Waals surface area contributed by atoms with Crippen molar-refractivity contribution in [2.24, 2.45) is 0 Å². The van der Waals surface area contributed by atoms with Crippen LogP contribution in [0.3, 0.4) is 0 Å². The minimum absolute atomic E-state index is 0.760. The van der Waals surface area contributed by atoms with E-state index in [0.29, 0.717) is 0 Å². The van der Waals surface area contributed by atoms with E-state index in [1.807, 2.05) is 0 Å². The van der Waals surface area contributed by atoms with E-state index in [1.165, 1.54) is 51.7 Å². The summed E-state index contributed by atoms with van der Waals surface area (Å²) in [4.78, 5) is 2.67. The molecule has 0 radical (unpaired) electrons. The van der Waals surface area contributed by atoms with Crippen molar-refractivity contribution in [1.29, 1.82) is 0 Å². The highest BCUT2D eigenvalue weighted by molar-refractivity contribution is 4.79. The maximum absolute atomic E-state index is 3.60. The highest BCUT2D eigenvalue weighted by Gasteiger charge is 2.20. The van der Waals surface area contributed by atoms with Crippen LogP contribution in [0.15, 0.2) is 0 Å². The summed E-state index contributed by atoms with van der Waals surface area (Å²) < 4.78 is 0. The summed E-state index contributed by atoms with van der Waals surface area (Å²) in [6, 6.07) is 1.52. The van der Waals surface area contributed by atoms with Gasteiger partial charge in [0.15, 0.2) is 0 Å². The summed E-state index contributed by atoms with van der Waals surface area (Å²) in [5.41, 5.74) is 0. The Morgan fingerprint density at radius 2 is 2.13 bits per heavy atom. The molecule has 2 atom stereocenters. The quantitative estimate of drug-likeness (QED) is 0.698. The molecule has 15 heavy (non-hydrogen) atoms. The lowest BCUT2D eigenvalue weighted by atomic mass is 10.1. The Morgan fingerprint density at radius 3 is 2.67 bits per heavy atom. The van der Waals surface area contributed by atoms with Crippen molar-refractivity contribution in [2.45, 2.75) is 65.0 Å². The molecular weight excluding hydrogens is 184 g/mol. The smallest absolute Gasteiger partial charge is 0.0195 e. The summed E-state index contributed by atoms with van der Waals surface area (Å²) in [6.45, 7) is 10.7. The van der Waals surface area contributed by atoms with Crippen LogP contribution in [-0.2, 0) is 0 Å². The molecule has 2 nitrogen and oxygen atoms in total. The SMILES string of the molecule is CCCC(C)N(CCC)CC1CCCN1. The van der Waals surface area contributed by atoms with Gasteiger partial charge in [-0.05, 0) is 45.7 Å². The van der Waals surface area contributed by atoms with Crippen molar-refractivity contribution in [3.05, 3.63) is 0 Å². The van der Waals surface area contributed by atoms with Crippen LogP contribution in [0.25, 0.3) is 0 Å². The van der Waals surface area contributed by atoms with E-state index in [2.05, 4.69) is 31.0 Å². The molecule has 2 heteroatoms. The van der Waals surface area contributed by atoms with E-state index < -0.39 is 0 Å². The van der Waals surface area contributed by atoms with Gasteiger partial charge < -0.3 is 5.32 Å². The van der Waals surface area contributed by atoms with Crippen LogP contribution in [0.4, 0.5) is 0 Å². The minimum atomic E-state index is 0.760. The van der Waals surface area contributed by atoms with Crippen LogP contribution in [0, 0.1) is 0 Å². The van der Waals surface area contributed by atoms with E-state index in [4.69, 9.17) is 0 Å². The van der Waals surface area contributed by atoms with Gasteiger partial charge in [0, 0.05) is 18.6 Å². The lowest BCUT2D eigenvalue weighted by molar-refractivity contribution is 0.182. The summed E-state index contributed by atoms with van der Waals surface area (Å²) in [5.74, 6) is 0. The number of rotatable bonds is 7. The zero-order valence-electron chi connectivity index (χ0n) is 10.8. The van der Waals surface area contributed by atoms with Crippen molar-refractivity contribution >= 4 is 0 Å². The van der Waals surface area contributed by atoms with E-state index >= 15 is 0 Å². The van der Waals surface area contributed by atoms with Gasteiger partial charge >= 0.3 is 0 Å². The maximum Gasteiger partial charge on any atom is 0.0195 e. The molecule has 0 aromatic rings. The molecule has 0 aliphatic carbocycles. The van der Waals surface area contributed by atoms with Gasteiger partial charge in [-0.1, -0.05) is 20.3 Å². The van der Waals surface area contributed by atoms with Gasteiger partial charge in [-0.2, -0.15) is 0 Å². The first-order valence-corrected chi connectivity index (χ1v) is 6.75. The molecule has 1 aliphatic rings. The van der Waals surface area contributed by atoms with Gasteiger partial charge in [0.1, 0.15) is 0 Å². The Balaban J connectivity index is 2.33. The van der Waals surface area contributed by atoms with Crippen LogP contribution >= 0.6 is 0 Å². The molecule has 0 amide bonds. The zero-order chi connectivity index (χ0) is 11.1. The first kappa shape index (κ1) is 13.0. The van der Waals surface area contributed by atoms with E-state index in [0.717, 1.165) is 12.1 Å². The summed E-state index contributed by atoms with van der Waals surface area (Å²) in [6.07, 6.45) is 6.67. The topological polar surface area (TPSA) is 15.3 Å². The van der Waals surface area contributed by atoms with Gasteiger partial charge in [0.05, 0.1) is 0 Å².